The van der Waals surface area contributed by atoms with Gasteiger partial charge in [-0.25, -0.2) is 8.78 Å². The quantitative estimate of drug-likeness (QED) is 0.624. The summed E-state index contributed by atoms with van der Waals surface area (Å²) >= 11 is 0. The van der Waals surface area contributed by atoms with Gasteiger partial charge in [0.1, 0.15) is 11.6 Å². The van der Waals surface area contributed by atoms with Crippen molar-refractivity contribution in [1.29, 1.82) is 0 Å². The topological polar surface area (TPSA) is 0 Å². The molecule has 1 aromatic carbocycles. The van der Waals surface area contributed by atoms with Crippen LogP contribution >= 0.6 is 0 Å². The van der Waals surface area contributed by atoms with Gasteiger partial charge in [-0.1, -0.05) is 20.8 Å². The maximum atomic E-state index is 12.9. The van der Waals surface area contributed by atoms with Crippen LogP contribution in [0.15, 0.2) is 12.1 Å². The zero-order valence-electron chi connectivity index (χ0n) is 8.62. The zero-order chi connectivity index (χ0) is 10.4. The highest BCUT2D eigenvalue weighted by Gasteiger charge is 2.04. The highest BCUT2D eigenvalue weighted by molar-refractivity contribution is 5.27. The summed E-state index contributed by atoms with van der Waals surface area (Å²) in [5.41, 5.74) is 1.29. The Kier molecular flexibility index (Phi) is 5.28. The summed E-state index contributed by atoms with van der Waals surface area (Å²) in [6.07, 6.45) is 0.609. The summed E-state index contributed by atoms with van der Waals surface area (Å²) in [6, 6.07) is 2.27. The van der Waals surface area contributed by atoms with Crippen molar-refractivity contribution in [2.75, 3.05) is 0 Å². The second-order valence-electron chi connectivity index (χ2n) is 2.54. The second-order valence-corrected chi connectivity index (χ2v) is 2.54. The van der Waals surface area contributed by atoms with Crippen molar-refractivity contribution in [1.82, 2.24) is 0 Å². The first-order chi connectivity index (χ1) is 6.15. The van der Waals surface area contributed by atoms with Gasteiger partial charge in [0.05, 0.1) is 0 Å². The largest absolute Gasteiger partial charge is 0.207 e. The predicted octanol–water partition coefficient (Wildman–Crippen LogP) is 3.86. The van der Waals surface area contributed by atoms with Crippen molar-refractivity contribution in [3.05, 3.63) is 34.9 Å². The van der Waals surface area contributed by atoms with E-state index in [1.807, 2.05) is 20.8 Å². The Morgan fingerprint density at radius 2 is 1.69 bits per heavy atom. The average Bonchev–Trinajstić information content (AvgIpc) is 2.07. The Bertz CT molecular complexity index is 244. The molecule has 1 aromatic rings. The van der Waals surface area contributed by atoms with Gasteiger partial charge in [-0.05, 0) is 30.5 Å². The van der Waals surface area contributed by atoms with E-state index in [4.69, 9.17) is 0 Å². The minimum absolute atomic E-state index is 0.440. The van der Waals surface area contributed by atoms with Crippen LogP contribution in [0.2, 0.25) is 0 Å². The molecular formula is C11H16F2. The first-order valence-electron chi connectivity index (χ1n) is 4.59. The smallest absolute Gasteiger partial charge is 0.129 e. The summed E-state index contributed by atoms with van der Waals surface area (Å²) < 4.78 is 25.4. The lowest BCUT2D eigenvalue weighted by molar-refractivity contribution is 0.571. The number of benzene rings is 1. The van der Waals surface area contributed by atoms with E-state index >= 15 is 0 Å². The maximum Gasteiger partial charge on any atom is 0.129 e. The van der Waals surface area contributed by atoms with E-state index in [0.717, 1.165) is 6.07 Å². The van der Waals surface area contributed by atoms with Gasteiger partial charge in [-0.2, -0.15) is 0 Å². The molecule has 13 heavy (non-hydrogen) atoms. The molecule has 0 spiro atoms. The molecule has 0 aliphatic rings. The number of halogens is 2. The van der Waals surface area contributed by atoms with E-state index in [2.05, 4.69) is 0 Å². The van der Waals surface area contributed by atoms with Crippen LogP contribution in [0.1, 0.15) is 31.9 Å². The molecule has 0 aromatic heterocycles. The molecule has 0 fully saturated rings. The van der Waals surface area contributed by atoms with Gasteiger partial charge in [-0.3, -0.25) is 0 Å². The summed E-state index contributed by atoms with van der Waals surface area (Å²) in [4.78, 5) is 0. The first kappa shape index (κ1) is 12.1. The molecule has 0 bridgehead atoms. The van der Waals surface area contributed by atoms with Crippen molar-refractivity contribution in [2.24, 2.45) is 0 Å². The first-order valence-corrected chi connectivity index (χ1v) is 4.59. The summed E-state index contributed by atoms with van der Waals surface area (Å²) in [5, 5.41) is 0. The van der Waals surface area contributed by atoms with Crippen LogP contribution in [0.4, 0.5) is 8.78 Å². The molecule has 2 heteroatoms. The number of hydrogen-bond donors (Lipinski definition) is 0. The minimum atomic E-state index is -0.503. The standard InChI is InChI=1S/C9H10F2.C2H6/c1-3-8-6(2)4-7(10)5-9(8)11;1-2/h4-5H,3H2,1-2H3;1-2H3. The molecule has 0 unspecified atom stereocenters. The Morgan fingerprint density at radius 1 is 1.15 bits per heavy atom. The summed E-state index contributed by atoms with van der Waals surface area (Å²) in [6.45, 7) is 7.56. The third-order valence-electron chi connectivity index (χ3n) is 1.74. The van der Waals surface area contributed by atoms with Gasteiger partial charge in [0.25, 0.3) is 0 Å². The highest BCUT2D eigenvalue weighted by atomic mass is 19.1. The Morgan fingerprint density at radius 3 is 2.08 bits per heavy atom. The molecular weight excluding hydrogens is 170 g/mol. The van der Waals surface area contributed by atoms with Gasteiger partial charge in [-0.15, -0.1) is 0 Å². The highest BCUT2D eigenvalue weighted by Crippen LogP contribution is 2.15. The molecule has 0 N–H and O–H groups in total. The van der Waals surface area contributed by atoms with Gasteiger partial charge in [0.2, 0.25) is 0 Å². The lowest BCUT2D eigenvalue weighted by Crippen LogP contribution is -1.93. The van der Waals surface area contributed by atoms with Crippen molar-refractivity contribution in [3.8, 4) is 0 Å². The molecule has 1 rings (SSSR count). The average molecular weight is 186 g/mol. The van der Waals surface area contributed by atoms with Crippen LogP contribution in [0, 0.1) is 18.6 Å². The number of aryl methyl sites for hydroxylation is 1. The number of rotatable bonds is 1. The molecule has 0 aliphatic heterocycles. The van der Waals surface area contributed by atoms with E-state index in [-0.39, 0.29) is 0 Å². The molecule has 0 saturated carbocycles. The molecule has 0 atom stereocenters. The van der Waals surface area contributed by atoms with Gasteiger partial charge in [0.15, 0.2) is 0 Å². The van der Waals surface area contributed by atoms with Crippen LogP contribution < -0.4 is 0 Å². The van der Waals surface area contributed by atoms with Gasteiger partial charge >= 0.3 is 0 Å². The van der Waals surface area contributed by atoms with Crippen LogP contribution in [0.25, 0.3) is 0 Å². The van der Waals surface area contributed by atoms with Crippen LogP contribution in [-0.4, -0.2) is 0 Å². The number of hydrogen-bond acceptors (Lipinski definition) is 0. The van der Waals surface area contributed by atoms with Crippen LogP contribution in [0.5, 0.6) is 0 Å². The van der Waals surface area contributed by atoms with E-state index in [1.165, 1.54) is 6.07 Å². The van der Waals surface area contributed by atoms with Crippen molar-refractivity contribution < 1.29 is 8.78 Å². The predicted molar refractivity (Wildman–Crippen MR) is 51.8 cm³/mol. The normalized spacial score (nSPS) is 9.08. The molecule has 0 radical (unpaired) electrons. The molecule has 0 aliphatic carbocycles. The zero-order valence-corrected chi connectivity index (χ0v) is 8.62. The van der Waals surface area contributed by atoms with Crippen LogP contribution in [-0.2, 0) is 6.42 Å². The van der Waals surface area contributed by atoms with Gasteiger partial charge < -0.3 is 0 Å². The third kappa shape index (κ3) is 3.13. The van der Waals surface area contributed by atoms with E-state index < -0.39 is 11.6 Å². The fraction of sp³-hybridized carbons (Fsp3) is 0.455. The summed E-state index contributed by atoms with van der Waals surface area (Å²) in [5.74, 6) is -0.942. The molecule has 0 heterocycles. The van der Waals surface area contributed by atoms with Gasteiger partial charge in [0, 0.05) is 6.07 Å². The molecule has 0 nitrogen and oxygen atoms in total. The fourth-order valence-electron chi connectivity index (χ4n) is 1.18. The molecule has 0 amide bonds. The summed E-state index contributed by atoms with van der Waals surface area (Å²) in [7, 11) is 0. The third-order valence-corrected chi connectivity index (χ3v) is 1.74. The lowest BCUT2D eigenvalue weighted by Gasteiger charge is -2.03. The van der Waals surface area contributed by atoms with Crippen molar-refractivity contribution >= 4 is 0 Å². The maximum absolute atomic E-state index is 12.9. The van der Waals surface area contributed by atoms with E-state index in [9.17, 15) is 8.78 Å². The molecule has 74 valence electrons. The second kappa shape index (κ2) is 5.68. The monoisotopic (exact) mass is 186 g/mol. The van der Waals surface area contributed by atoms with E-state index in [1.54, 1.807) is 6.92 Å². The molecule has 0 saturated heterocycles. The van der Waals surface area contributed by atoms with Crippen molar-refractivity contribution in [3.63, 3.8) is 0 Å². The Hall–Kier alpha value is -0.920. The SMILES string of the molecule is CC.CCc1c(C)cc(F)cc1F. The fourth-order valence-corrected chi connectivity index (χ4v) is 1.18. The Labute approximate surface area is 78.6 Å². The Balaban J connectivity index is 0.000000671. The lowest BCUT2D eigenvalue weighted by atomic mass is 10.1. The van der Waals surface area contributed by atoms with Crippen LogP contribution in [0.3, 0.4) is 0 Å². The van der Waals surface area contributed by atoms with Crippen molar-refractivity contribution in [2.45, 2.75) is 34.1 Å². The van der Waals surface area contributed by atoms with E-state index in [0.29, 0.717) is 17.5 Å². The minimum Gasteiger partial charge on any atom is -0.207 e.